The molecule has 2 rings (SSSR count). The van der Waals surface area contributed by atoms with Gasteiger partial charge in [-0.2, -0.15) is 0 Å². The highest BCUT2D eigenvalue weighted by Crippen LogP contribution is 2.26. The van der Waals surface area contributed by atoms with Crippen LogP contribution in [0.2, 0.25) is 5.02 Å². The second kappa shape index (κ2) is 6.64. The standard InChI is InChI=1S/C13H18ClN3O3S/c1-21(19,20)17-12-5-4-10(8-11(12)14)16-13(18)6-7-15-9-2-3-9/h4-5,8-9,15,17H,2-3,6-7H2,1H3,(H,16,18). The molecule has 0 heterocycles. The lowest BCUT2D eigenvalue weighted by Crippen LogP contribution is -2.23. The largest absolute Gasteiger partial charge is 0.326 e. The van der Waals surface area contributed by atoms with Crippen molar-refractivity contribution in [2.45, 2.75) is 25.3 Å². The third-order valence-electron chi connectivity index (χ3n) is 2.91. The van der Waals surface area contributed by atoms with Crippen molar-refractivity contribution in [1.29, 1.82) is 0 Å². The molecule has 1 aliphatic rings. The number of amides is 1. The summed E-state index contributed by atoms with van der Waals surface area (Å²) in [6.07, 6.45) is 3.81. The Balaban J connectivity index is 1.88. The molecular formula is C13H18ClN3O3S. The van der Waals surface area contributed by atoms with Gasteiger partial charge < -0.3 is 10.6 Å². The van der Waals surface area contributed by atoms with Crippen molar-refractivity contribution < 1.29 is 13.2 Å². The van der Waals surface area contributed by atoms with E-state index in [9.17, 15) is 13.2 Å². The minimum absolute atomic E-state index is 0.108. The number of sulfonamides is 1. The number of halogens is 1. The van der Waals surface area contributed by atoms with Crippen molar-refractivity contribution in [1.82, 2.24) is 5.32 Å². The van der Waals surface area contributed by atoms with Crippen LogP contribution >= 0.6 is 11.6 Å². The van der Waals surface area contributed by atoms with Gasteiger partial charge in [0.05, 0.1) is 17.0 Å². The minimum Gasteiger partial charge on any atom is -0.326 e. The van der Waals surface area contributed by atoms with Crippen molar-refractivity contribution in [2.24, 2.45) is 0 Å². The molecule has 1 amide bonds. The van der Waals surface area contributed by atoms with E-state index in [1.54, 1.807) is 6.07 Å². The van der Waals surface area contributed by atoms with Gasteiger partial charge >= 0.3 is 0 Å². The van der Waals surface area contributed by atoms with Crippen LogP contribution in [0.25, 0.3) is 0 Å². The normalized spacial score (nSPS) is 14.8. The van der Waals surface area contributed by atoms with Gasteiger partial charge in [-0.05, 0) is 31.0 Å². The molecule has 1 aromatic rings. The van der Waals surface area contributed by atoms with Crippen molar-refractivity contribution in [2.75, 3.05) is 22.8 Å². The fraction of sp³-hybridized carbons (Fsp3) is 0.462. The Bertz CT molecular complexity index is 630. The van der Waals surface area contributed by atoms with Crippen LogP contribution in [0.5, 0.6) is 0 Å². The van der Waals surface area contributed by atoms with E-state index in [0.29, 0.717) is 24.7 Å². The molecule has 0 spiro atoms. The van der Waals surface area contributed by atoms with Gasteiger partial charge in [0.15, 0.2) is 0 Å². The SMILES string of the molecule is CS(=O)(=O)Nc1ccc(NC(=O)CCNC2CC2)cc1Cl. The Morgan fingerprint density at radius 2 is 2.10 bits per heavy atom. The predicted octanol–water partition coefficient (Wildman–Crippen LogP) is 1.79. The van der Waals surface area contributed by atoms with Gasteiger partial charge in [0.25, 0.3) is 0 Å². The maximum Gasteiger partial charge on any atom is 0.229 e. The van der Waals surface area contributed by atoms with Crippen LogP contribution in [0.4, 0.5) is 11.4 Å². The lowest BCUT2D eigenvalue weighted by Gasteiger charge is -2.10. The van der Waals surface area contributed by atoms with Crippen LogP contribution in [0, 0.1) is 0 Å². The zero-order valence-corrected chi connectivity index (χ0v) is 13.2. The second-order valence-corrected chi connectivity index (χ2v) is 7.25. The van der Waals surface area contributed by atoms with E-state index >= 15 is 0 Å². The highest BCUT2D eigenvalue weighted by Gasteiger charge is 2.20. The van der Waals surface area contributed by atoms with E-state index < -0.39 is 10.0 Å². The van der Waals surface area contributed by atoms with Crippen molar-refractivity contribution in [3.8, 4) is 0 Å². The molecule has 0 saturated heterocycles. The summed E-state index contributed by atoms with van der Waals surface area (Å²) < 4.78 is 24.6. The third kappa shape index (κ3) is 5.91. The lowest BCUT2D eigenvalue weighted by atomic mass is 10.2. The quantitative estimate of drug-likeness (QED) is 0.711. The summed E-state index contributed by atoms with van der Waals surface area (Å²) in [4.78, 5) is 11.7. The molecule has 1 saturated carbocycles. The van der Waals surface area contributed by atoms with Gasteiger partial charge in [0.1, 0.15) is 0 Å². The van der Waals surface area contributed by atoms with E-state index in [4.69, 9.17) is 11.6 Å². The van der Waals surface area contributed by atoms with Gasteiger partial charge in [-0.3, -0.25) is 9.52 Å². The first-order chi connectivity index (χ1) is 9.83. The van der Waals surface area contributed by atoms with E-state index in [0.717, 1.165) is 6.26 Å². The molecule has 0 atom stereocenters. The summed E-state index contributed by atoms with van der Waals surface area (Å²) in [7, 11) is -3.38. The number of rotatable bonds is 7. The Morgan fingerprint density at radius 3 is 2.67 bits per heavy atom. The highest BCUT2D eigenvalue weighted by atomic mass is 35.5. The van der Waals surface area contributed by atoms with Crippen LogP contribution < -0.4 is 15.4 Å². The van der Waals surface area contributed by atoms with Crippen LogP contribution in [0.3, 0.4) is 0 Å². The summed E-state index contributed by atoms with van der Waals surface area (Å²) in [5.41, 5.74) is 0.822. The number of hydrogen-bond acceptors (Lipinski definition) is 4. The molecule has 8 heteroatoms. The van der Waals surface area contributed by atoms with E-state index in [1.165, 1.54) is 25.0 Å². The molecule has 0 aliphatic heterocycles. The van der Waals surface area contributed by atoms with Gasteiger partial charge in [-0.25, -0.2) is 8.42 Å². The number of carbonyl (C=O) groups excluding carboxylic acids is 1. The fourth-order valence-electron chi connectivity index (χ4n) is 1.78. The Morgan fingerprint density at radius 1 is 1.38 bits per heavy atom. The molecular weight excluding hydrogens is 314 g/mol. The smallest absolute Gasteiger partial charge is 0.229 e. The number of hydrogen-bond donors (Lipinski definition) is 3. The Labute approximate surface area is 129 Å². The zero-order valence-electron chi connectivity index (χ0n) is 11.6. The lowest BCUT2D eigenvalue weighted by molar-refractivity contribution is -0.116. The van der Waals surface area contributed by atoms with Crippen LogP contribution in [0.15, 0.2) is 18.2 Å². The first-order valence-corrected chi connectivity index (χ1v) is 8.91. The topological polar surface area (TPSA) is 87.3 Å². The number of carbonyl (C=O) groups is 1. The molecule has 6 nitrogen and oxygen atoms in total. The van der Waals surface area contributed by atoms with Crippen LogP contribution in [-0.2, 0) is 14.8 Å². The van der Waals surface area contributed by atoms with E-state index in [-0.39, 0.29) is 16.6 Å². The zero-order chi connectivity index (χ0) is 15.5. The van der Waals surface area contributed by atoms with Gasteiger partial charge in [0.2, 0.25) is 15.9 Å². The molecule has 0 bridgehead atoms. The van der Waals surface area contributed by atoms with Gasteiger partial charge in [0, 0.05) is 24.7 Å². The first-order valence-electron chi connectivity index (χ1n) is 6.64. The molecule has 1 aromatic carbocycles. The Kier molecular flexibility index (Phi) is 5.08. The van der Waals surface area contributed by atoms with E-state index in [2.05, 4.69) is 15.4 Å². The van der Waals surface area contributed by atoms with Crippen molar-refractivity contribution in [3.63, 3.8) is 0 Å². The molecule has 0 aromatic heterocycles. The fourth-order valence-corrected chi connectivity index (χ4v) is 2.64. The van der Waals surface area contributed by atoms with Crippen LogP contribution in [-0.4, -0.2) is 33.2 Å². The number of benzene rings is 1. The molecule has 1 aliphatic carbocycles. The van der Waals surface area contributed by atoms with Gasteiger partial charge in [-0.15, -0.1) is 0 Å². The van der Waals surface area contributed by atoms with E-state index in [1.807, 2.05) is 0 Å². The van der Waals surface area contributed by atoms with Crippen LogP contribution in [0.1, 0.15) is 19.3 Å². The molecule has 3 N–H and O–H groups in total. The number of nitrogens with one attached hydrogen (secondary N) is 3. The monoisotopic (exact) mass is 331 g/mol. The Hall–Kier alpha value is -1.31. The molecule has 0 unspecified atom stereocenters. The summed E-state index contributed by atoms with van der Waals surface area (Å²) >= 11 is 5.98. The maximum absolute atomic E-state index is 11.7. The summed E-state index contributed by atoms with van der Waals surface area (Å²) in [5.74, 6) is -0.108. The van der Waals surface area contributed by atoms with Gasteiger partial charge in [-0.1, -0.05) is 11.6 Å². The minimum atomic E-state index is -3.38. The molecule has 1 fully saturated rings. The highest BCUT2D eigenvalue weighted by molar-refractivity contribution is 7.92. The van der Waals surface area contributed by atoms with Crippen molar-refractivity contribution in [3.05, 3.63) is 23.2 Å². The summed E-state index contributed by atoms with van der Waals surface area (Å²) in [6.45, 7) is 0.651. The summed E-state index contributed by atoms with van der Waals surface area (Å²) in [5, 5.41) is 6.21. The first kappa shape index (κ1) is 16.1. The average molecular weight is 332 g/mol. The summed E-state index contributed by atoms with van der Waals surface area (Å²) in [6, 6.07) is 5.21. The predicted molar refractivity (Wildman–Crippen MR) is 84.2 cm³/mol. The third-order valence-corrected chi connectivity index (χ3v) is 3.81. The average Bonchev–Trinajstić information content (AvgIpc) is 3.15. The molecule has 116 valence electrons. The molecule has 21 heavy (non-hydrogen) atoms. The van der Waals surface area contributed by atoms with Crippen molar-refractivity contribution >= 4 is 38.9 Å². The second-order valence-electron chi connectivity index (χ2n) is 5.10. The molecule has 0 radical (unpaired) electrons. The maximum atomic E-state index is 11.7. The number of anilines is 2.